The molecule has 0 amide bonds. The van der Waals surface area contributed by atoms with E-state index in [9.17, 15) is 0 Å². The van der Waals surface area contributed by atoms with Gasteiger partial charge in [0.25, 0.3) is 0 Å². The zero-order valence-electron chi connectivity index (χ0n) is 2.08. The Hall–Kier alpha value is 1.71. The molecule has 0 aliphatic rings. The van der Waals surface area contributed by atoms with Gasteiger partial charge in [0.15, 0.2) is 0 Å². The van der Waals surface area contributed by atoms with E-state index < -0.39 is 0 Å². The van der Waals surface area contributed by atoms with Crippen molar-refractivity contribution >= 4 is 0 Å². The quantitative estimate of drug-likeness (QED) is 0.394. The van der Waals surface area contributed by atoms with Crippen LogP contribution < -0.4 is 37.2 Å². The Labute approximate surface area is 68.6 Å². The van der Waals surface area contributed by atoms with Gasteiger partial charge in [-0.05, 0) is 0 Å². The molecule has 0 radical (unpaired) electrons. The van der Waals surface area contributed by atoms with Crippen LogP contribution in [0.5, 0.6) is 0 Å². The maximum absolute atomic E-state index is 0. The topological polar surface area (TPSA) is 30.0 Å². The van der Waals surface area contributed by atoms with E-state index in [4.69, 9.17) is 0 Å². The molecular weight excluding hydrogens is 214 g/mol. The van der Waals surface area contributed by atoms with Crippen LogP contribution in [-0.4, -0.2) is 5.48 Å². The van der Waals surface area contributed by atoms with E-state index in [2.05, 4.69) is 0 Å². The molecule has 0 rings (SSSR count). The predicted molar refractivity (Wildman–Crippen MR) is 1.94 cm³/mol. The van der Waals surface area contributed by atoms with Gasteiger partial charge >= 0.3 is 26.2 Å². The molecule has 1 nitrogen and oxygen atoms in total. The average molecular weight is 215 g/mol. The monoisotopic (exact) mass is 212 g/mol. The van der Waals surface area contributed by atoms with Crippen molar-refractivity contribution in [3.63, 3.8) is 0 Å². The second kappa shape index (κ2) is 43.2. The molecule has 0 heterocycles. The third-order valence-electron chi connectivity index (χ3n) is 0. The van der Waals surface area contributed by atoms with E-state index in [1.807, 2.05) is 0 Å². The molecule has 0 aromatic rings. The van der Waals surface area contributed by atoms with Crippen LogP contribution in [0.3, 0.4) is 0 Å². The minimum atomic E-state index is 0. The maximum Gasteiger partial charge on any atom is 4.00 e. The van der Waals surface area contributed by atoms with Gasteiger partial charge in [0.2, 0.25) is 0 Å². The summed E-state index contributed by atoms with van der Waals surface area (Å²) in [4.78, 5) is 0. The first-order chi connectivity index (χ1) is 0. The van der Waals surface area contributed by atoms with E-state index in [1.54, 1.807) is 0 Å². The first kappa shape index (κ1) is 74.7. The number of halogens is 3. The van der Waals surface area contributed by atoms with E-state index in [1.165, 1.54) is 0 Å². The van der Waals surface area contributed by atoms with Crippen LogP contribution >= 0.6 is 0 Å². The van der Waals surface area contributed by atoms with Crippen molar-refractivity contribution in [2.24, 2.45) is 0 Å². The largest absolute Gasteiger partial charge is 4.00 e. The zero-order valence-corrected chi connectivity index (χ0v) is 6.81. The van der Waals surface area contributed by atoms with Crippen LogP contribution in [0.2, 0.25) is 0 Å². The third kappa shape index (κ3) is 26.8. The van der Waals surface area contributed by atoms with Gasteiger partial charge in [0, 0.05) is 0 Å². The molecule has 5 heteroatoms. The van der Waals surface area contributed by atoms with Crippen LogP contribution in [0.25, 0.3) is 0 Å². The molecule has 0 saturated heterocycles. The summed E-state index contributed by atoms with van der Waals surface area (Å²) in [5.41, 5.74) is 0. The molecule has 5 heavy (non-hydrogen) atoms. The van der Waals surface area contributed by atoms with Crippen molar-refractivity contribution in [3.8, 4) is 0 Å². The van der Waals surface area contributed by atoms with Crippen LogP contribution in [0, 0.1) is 0 Å². The second-order valence-corrected chi connectivity index (χ2v) is 0. The SMILES string of the molecule is [Cl-].[Cl-].[Cl-].[OH-].[Zr+4]. The third-order valence-corrected chi connectivity index (χ3v) is 0. The molecule has 0 fully saturated rings. The summed E-state index contributed by atoms with van der Waals surface area (Å²) in [6.07, 6.45) is 0. The van der Waals surface area contributed by atoms with Gasteiger partial charge in [0.05, 0.1) is 0 Å². The Morgan fingerprint density at radius 1 is 0.600 bits per heavy atom. The average Bonchev–Trinajstić information content (AvgIpc) is 0. The number of rotatable bonds is 0. The summed E-state index contributed by atoms with van der Waals surface area (Å²) >= 11 is 0. The van der Waals surface area contributed by atoms with Gasteiger partial charge in [0.1, 0.15) is 0 Å². The summed E-state index contributed by atoms with van der Waals surface area (Å²) in [5.74, 6) is 0. The van der Waals surface area contributed by atoms with E-state index in [0.717, 1.165) is 0 Å². The fourth-order valence-electron chi connectivity index (χ4n) is 0. The molecule has 0 saturated carbocycles. The van der Waals surface area contributed by atoms with Gasteiger partial charge in [-0.3, -0.25) is 0 Å². The van der Waals surface area contributed by atoms with Gasteiger partial charge < -0.3 is 42.7 Å². The van der Waals surface area contributed by atoms with E-state index in [0.29, 0.717) is 0 Å². The van der Waals surface area contributed by atoms with Gasteiger partial charge in [-0.2, -0.15) is 0 Å². The summed E-state index contributed by atoms with van der Waals surface area (Å²) in [5, 5.41) is 0. The molecule has 0 aliphatic heterocycles. The van der Waals surface area contributed by atoms with E-state index >= 15 is 0 Å². The predicted octanol–water partition coefficient (Wildman–Crippen LogP) is -9.17. The fraction of sp³-hybridized carbons (Fsp3) is 0. The van der Waals surface area contributed by atoms with Crippen molar-refractivity contribution < 1.29 is 68.9 Å². The van der Waals surface area contributed by atoms with Crippen LogP contribution in [-0.2, 0) is 26.2 Å². The normalized spacial score (nSPS) is 0. The first-order valence-corrected chi connectivity index (χ1v) is 0. The molecular formula is HCl3OZr. The van der Waals surface area contributed by atoms with E-state index in [-0.39, 0.29) is 68.9 Å². The molecule has 0 aromatic heterocycles. The van der Waals surface area contributed by atoms with Crippen LogP contribution in [0.1, 0.15) is 0 Å². The molecule has 32 valence electrons. The smallest absolute Gasteiger partial charge is 1.00 e. The van der Waals surface area contributed by atoms with Crippen molar-refractivity contribution in [1.29, 1.82) is 0 Å². The van der Waals surface area contributed by atoms with Crippen LogP contribution in [0.4, 0.5) is 0 Å². The van der Waals surface area contributed by atoms with Gasteiger partial charge in [-0.25, -0.2) is 0 Å². The van der Waals surface area contributed by atoms with Gasteiger partial charge in [-0.15, -0.1) is 0 Å². The van der Waals surface area contributed by atoms with Crippen molar-refractivity contribution in [2.45, 2.75) is 0 Å². The Kier molecular flexibility index (Phi) is 646. The molecule has 0 aromatic carbocycles. The van der Waals surface area contributed by atoms with Crippen molar-refractivity contribution in [2.75, 3.05) is 0 Å². The minimum absolute atomic E-state index is 0. The molecule has 0 bridgehead atoms. The molecule has 1 N–H and O–H groups in total. The van der Waals surface area contributed by atoms with Crippen LogP contribution in [0.15, 0.2) is 0 Å². The summed E-state index contributed by atoms with van der Waals surface area (Å²) in [6.45, 7) is 0. The number of hydrogen-bond acceptors (Lipinski definition) is 1. The number of hydrogen-bond donors (Lipinski definition) is 0. The molecule has 0 spiro atoms. The summed E-state index contributed by atoms with van der Waals surface area (Å²) < 4.78 is 0. The Morgan fingerprint density at radius 2 is 0.600 bits per heavy atom. The Morgan fingerprint density at radius 3 is 0.600 bits per heavy atom. The summed E-state index contributed by atoms with van der Waals surface area (Å²) in [6, 6.07) is 0. The standard InChI is InChI=1S/3ClH.H2O.Zr/h3*1H;1H2;/q;;;;+4/p-4. The van der Waals surface area contributed by atoms with Gasteiger partial charge in [-0.1, -0.05) is 0 Å². The molecule has 0 unspecified atom stereocenters. The summed E-state index contributed by atoms with van der Waals surface area (Å²) in [7, 11) is 0. The maximum atomic E-state index is 0. The van der Waals surface area contributed by atoms with Crippen molar-refractivity contribution in [1.82, 2.24) is 0 Å². The van der Waals surface area contributed by atoms with Crippen molar-refractivity contribution in [3.05, 3.63) is 0 Å². The fourth-order valence-corrected chi connectivity index (χ4v) is 0. The zero-order chi connectivity index (χ0) is 0. The second-order valence-electron chi connectivity index (χ2n) is 0. The minimum Gasteiger partial charge on any atom is -1.00 e. The molecule has 0 aliphatic carbocycles. The molecule has 0 atom stereocenters. The first-order valence-electron chi connectivity index (χ1n) is 0. The Bertz CT molecular complexity index is 6.85. The Balaban J connectivity index is 0.